The quantitative estimate of drug-likeness (QED) is 0.914. The average Bonchev–Trinajstić information content (AvgIpc) is 2.44. The van der Waals surface area contributed by atoms with Gasteiger partial charge in [0.2, 0.25) is 0 Å². The Labute approximate surface area is 130 Å². The van der Waals surface area contributed by atoms with E-state index in [-0.39, 0.29) is 10.6 Å². The molecule has 0 aliphatic rings. The molecule has 2 rings (SSSR count). The van der Waals surface area contributed by atoms with Gasteiger partial charge in [-0.05, 0) is 44.0 Å². The lowest BCUT2D eigenvalue weighted by Crippen LogP contribution is -2.15. The minimum Gasteiger partial charge on any atom is -0.494 e. The van der Waals surface area contributed by atoms with E-state index in [0.717, 1.165) is 5.56 Å². The molecule has 0 aromatic heterocycles. The van der Waals surface area contributed by atoms with E-state index in [0.29, 0.717) is 17.9 Å². The number of sulfonamides is 1. The maximum absolute atomic E-state index is 13.6. The summed E-state index contributed by atoms with van der Waals surface area (Å²) in [5.74, 6) is -0.122. The number of nitrogens with one attached hydrogen (secondary N) is 1. The predicted molar refractivity (Wildman–Crippen MR) is 84.3 cm³/mol. The van der Waals surface area contributed by atoms with E-state index in [2.05, 4.69) is 4.72 Å². The van der Waals surface area contributed by atoms with Gasteiger partial charge in [0.25, 0.3) is 10.0 Å². The first-order valence-corrected chi connectivity index (χ1v) is 8.35. The van der Waals surface area contributed by atoms with Crippen LogP contribution < -0.4 is 9.46 Å². The Morgan fingerprint density at radius 2 is 1.82 bits per heavy atom. The molecular weight excluding hydrogens is 305 g/mol. The van der Waals surface area contributed by atoms with Gasteiger partial charge in [-0.15, -0.1) is 0 Å². The molecule has 2 aromatic rings. The highest BCUT2D eigenvalue weighted by atomic mass is 32.2. The molecule has 22 heavy (non-hydrogen) atoms. The standard InChI is InChI=1S/C16H18FNO3S/c1-4-21-15-10-16(12(3)9-11(15)2)22(19,20)18-14-8-6-5-7-13(14)17/h5-10,18H,4H2,1-3H3. The van der Waals surface area contributed by atoms with Crippen molar-refractivity contribution in [2.24, 2.45) is 0 Å². The van der Waals surface area contributed by atoms with Gasteiger partial charge >= 0.3 is 0 Å². The zero-order chi connectivity index (χ0) is 16.3. The van der Waals surface area contributed by atoms with Crippen molar-refractivity contribution in [3.63, 3.8) is 0 Å². The fourth-order valence-electron chi connectivity index (χ4n) is 2.16. The summed E-state index contributed by atoms with van der Waals surface area (Å²) >= 11 is 0. The van der Waals surface area contributed by atoms with Gasteiger partial charge in [-0.3, -0.25) is 4.72 Å². The molecule has 0 aliphatic heterocycles. The van der Waals surface area contributed by atoms with Crippen LogP contribution in [0.2, 0.25) is 0 Å². The number of ether oxygens (including phenoxy) is 1. The first kappa shape index (κ1) is 16.3. The number of anilines is 1. The van der Waals surface area contributed by atoms with Crippen molar-refractivity contribution in [2.75, 3.05) is 11.3 Å². The van der Waals surface area contributed by atoms with E-state index in [1.54, 1.807) is 19.1 Å². The van der Waals surface area contributed by atoms with Crippen molar-refractivity contribution in [1.82, 2.24) is 0 Å². The molecule has 6 heteroatoms. The van der Waals surface area contributed by atoms with Crippen LogP contribution in [0.1, 0.15) is 18.1 Å². The Balaban J connectivity index is 2.45. The second-order valence-electron chi connectivity index (χ2n) is 4.90. The van der Waals surface area contributed by atoms with Crippen LogP contribution >= 0.6 is 0 Å². The number of rotatable bonds is 5. The van der Waals surface area contributed by atoms with Gasteiger partial charge in [0.05, 0.1) is 17.2 Å². The van der Waals surface area contributed by atoms with Crippen LogP contribution in [0.15, 0.2) is 41.3 Å². The SMILES string of the molecule is CCOc1cc(S(=O)(=O)Nc2ccccc2F)c(C)cc1C. The molecule has 0 saturated carbocycles. The molecule has 0 saturated heterocycles. The lowest BCUT2D eigenvalue weighted by Gasteiger charge is -2.14. The average molecular weight is 323 g/mol. The van der Waals surface area contributed by atoms with Crippen LogP contribution in [-0.4, -0.2) is 15.0 Å². The van der Waals surface area contributed by atoms with Crippen LogP contribution in [0.5, 0.6) is 5.75 Å². The van der Waals surface area contributed by atoms with Gasteiger partial charge in [0, 0.05) is 6.07 Å². The molecule has 0 fully saturated rings. The number of aryl methyl sites for hydroxylation is 2. The number of para-hydroxylation sites is 1. The Morgan fingerprint density at radius 1 is 1.14 bits per heavy atom. The Bertz CT molecular complexity index is 788. The minimum absolute atomic E-state index is 0.0739. The fraction of sp³-hybridized carbons (Fsp3) is 0.250. The second-order valence-corrected chi connectivity index (χ2v) is 6.55. The lowest BCUT2D eigenvalue weighted by atomic mass is 10.1. The van der Waals surface area contributed by atoms with Crippen molar-refractivity contribution < 1.29 is 17.5 Å². The molecule has 1 N–H and O–H groups in total. The van der Waals surface area contributed by atoms with Gasteiger partial charge in [0.1, 0.15) is 11.6 Å². The van der Waals surface area contributed by atoms with Crippen molar-refractivity contribution >= 4 is 15.7 Å². The van der Waals surface area contributed by atoms with Crippen molar-refractivity contribution in [2.45, 2.75) is 25.7 Å². The normalized spacial score (nSPS) is 11.3. The van der Waals surface area contributed by atoms with Gasteiger partial charge in [-0.25, -0.2) is 12.8 Å². The highest BCUT2D eigenvalue weighted by molar-refractivity contribution is 7.92. The van der Waals surface area contributed by atoms with Crippen molar-refractivity contribution in [3.05, 3.63) is 53.3 Å². The predicted octanol–water partition coefficient (Wildman–Crippen LogP) is 3.64. The number of benzene rings is 2. The molecule has 2 aromatic carbocycles. The zero-order valence-electron chi connectivity index (χ0n) is 12.7. The molecule has 0 spiro atoms. The summed E-state index contributed by atoms with van der Waals surface area (Å²) in [6.07, 6.45) is 0. The summed E-state index contributed by atoms with van der Waals surface area (Å²) < 4.78 is 46.4. The molecule has 0 amide bonds. The second kappa shape index (κ2) is 6.36. The maximum atomic E-state index is 13.6. The van der Waals surface area contributed by atoms with Crippen molar-refractivity contribution in [1.29, 1.82) is 0 Å². The van der Waals surface area contributed by atoms with Crippen molar-refractivity contribution in [3.8, 4) is 5.75 Å². The molecule has 0 aliphatic carbocycles. The topological polar surface area (TPSA) is 55.4 Å². The van der Waals surface area contributed by atoms with E-state index < -0.39 is 15.8 Å². The monoisotopic (exact) mass is 323 g/mol. The number of halogens is 1. The Kier molecular flexibility index (Phi) is 4.71. The minimum atomic E-state index is -3.89. The van der Waals surface area contributed by atoms with Gasteiger partial charge in [-0.2, -0.15) is 0 Å². The third-order valence-electron chi connectivity index (χ3n) is 3.18. The summed E-state index contributed by atoms with van der Waals surface area (Å²) in [5.41, 5.74) is 1.34. The summed E-state index contributed by atoms with van der Waals surface area (Å²) in [6.45, 7) is 5.80. The molecule has 0 bridgehead atoms. The summed E-state index contributed by atoms with van der Waals surface area (Å²) in [6, 6.07) is 8.84. The van der Waals surface area contributed by atoms with E-state index in [9.17, 15) is 12.8 Å². The molecule has 0 radical (unpaired) electrons. The van der Waals surface area contributed by atoms with Crippen LogP contribution in [0.25, 0.3) is 0 Å². The highest BCUT2D eigenvalue weighted by Gasteiger charge is 2.20. The van der Waals surface area contributed by atoms with Gasteiger partial charge in [-0.1, -0.05) is 18.2 Å². The first-order valence-electron chi connectivity index (χ1n) is 6.86. The van der Waals surface area contributed by atoms with E-state index >= 15 is 0 Å². The van der Waals surface area contributed by atoms with E-state index in [1.165, 1.54) is 24.3 Å². The molecule has 0 atom stereocenters. The van der Waals surface area contributed by atoms with Crippen LogP contribution in [0.4, 0.5) is 10.1 Å². The smallest absolute Gasteiger partial charge is 0.262 e. The summed E-state index contributed by atoms with van der Waals surface area (Å²) in [4.78, 5) is 0.0739. The Morgan fingerprint density at radius 3 is 2.45 bits per heavy atom. The third kappa shape index (κ3) is 3.39. The highest BCUT2D eigenvalue weighted by Crippen LogP contribution is 2.28. The van der Waals surface area contributed by atoms with Crippen LogP contribution in [0.3, 0.4) is 0 Å². The lowest BCUT2D eigenvalue weighted by molar-refractivity contribution is 0.337. The molecule has 4 nitrogen and oxygen atoms in total. The first-order chi connectivity index (χ1) is 10.3. The third-order valence-corrected chi connectivity index (χ3v) is 4.69. The zero-order valence-corrected chi connectivity index (χ0v) is 13.5. The Hall–Kier alpha value is -2.08. The van der Waals surface area contributed by atoms with E-state index in [1.807, 2.05) is 13.8 Å². The fourth-order valence-corrected chi connectivity index (χ4v) is 3.47. The number of hydrogen-bond acceptors (Lipinski definition) is 3. The molecular formula is C16H18FNO3S. The summed E-state index contributed by atoms with van der Waals surface area (Å²) in [5, 5.41) is 0. The molecule has 0 unspecified atom stereocenters. The maximum Gasteiger partial charge on any atom is 0.262 e. The summed E-state index contributed by atoms with van der Waals surface area (Å²) in [7, 11) is -3.89. The number of hydrogen-bond donors (Lipinski definition) is 1. The molecule has 118 valence electrons. The van der Waals surface area contributed by atoms with Gasteiger partial charge < -0.3 is 4.74 Å². The van der Waals surface area contributed by atoms with E-state index in [4.69, 9.17) is 4.74 Å². The van der Waals surface area contributed by atoms with Crippen LogP contribution in [0, 0.1) is 19.7 Å². The van der Waals surface area contributed by atoms with Crippen LogP contribution in [-0.2, 0) is 10.0 Å². The molecule has 0 heterocycles. The van der Waals surface area contributed by atoms with Gasteiger partial charge in [0.15, 0.2) is 0 Å². The largest absolute Gasteiger partial charge is 0.494 e.